The van der Waals surface area contributed by atoms with E-state index in [1.54, 1.807) is 0 Å². The lowest BCUT2D eigenvalue weighted by Crippen LogP contribution is -2.36. The van der Waals surface area contributed by atoms with Crippen molar-refractivity contribution in [3.05, 3.63) is 5.82 Å². The Morgan fingerprint density at radius 3 is 2.21 bits per heavy atom. The van der Waals surface area contributed by atoms with Crippen LogP contribution in [0.15, 0.2) is 0 Å². The molecule has 0 aromatic carbocycles. The summed E-state index contributed by atoms with van der Waals surface area (Å²) in [5, 5.41) is 15.5. The van der Waals surface area contributed by atoms with Crippen molar-refractivity contribution in [2.24, 2.45) is 16.7 Å². The van der Waals surface area contributed by atoms with E-state index in [9.17, 15) is 0 Å². The lowest BCUT2D eigenvalue weighted by atomic mass is 10.0. The third-order valence-electron chi connectivity index (χ3n) is 5.06. The zero-order valence-corrected chi connectivity index (χ0v) is 13.3. The average molecular weight is 265 g/mol. The van der Waals surface area contributed by atoms with Crippen LogP contribution >= 0.6 is 0 Å². The molecule has 19 heavy (non-hydrogen) atoms. The van der Waals surface area contributed by atoms with Crippen molar-refractivity contribution in [3.8, 4) is 0 Å². The van der Waals surface area contributed by atoms with E-state index in [0.29, 0.717) is 23.3 Å². The van der Waals surface area contributed by atoms with Gasteiger partial charge in [-0.3, -0.25) is 0 Å². The van der Waals surface area contributed by atoms with Crippen molar-refractivity contribution < 1.29 is 0 Å². The van der Waals surface area contributed by atoms with E-state index in [0.717, 1.165) is 12.4 Å². The average Bonchev–Trinajstić information content (AvgIpc) is 2.64. The molecule has 1 fully saturated rings. The quantitative estimate of drug-likeness (QED) is 0.907. The van der Waals surface area contributed by atoms with Gasteiger partial charge in [0.1, 0.15) is 0 Å². The maximum absolute atomic E-state index is 4.14. The first-order valence-corrected chi connectivity index (χ1v) is 7.06. The SMILES string of the molecule is CC(C)(C)NCc1nnnn1CC1C(C)(C)C1(C)C. The maximum atomic E-state index is 4.14. The molecular weight excluding hydrogens is 238 g/mol. The molecule has 0 unspecified atom stereocenters. The molecule has 1 heterocycles. The lowest BCUT2D eigenvalue weighted by molar-refractivity contribution is 0.395. The number of hydrogen-bond donors (Lipinski definition) is 1. The molecule has 0 spiro atoms. The highest BCUT2D eigenvalue weighted by Crippen LogP contribution is 2.68. The summed E-state index contributed by atoms with van der Waals surface area (Å²) in [5.41, 5.74) is 0.816. The van der Waals surface area contributed by atoms with E-state index in [1.165, 1.54) is 0 Å². The Morgan fingerprint density at radius 1 is 1.16 bits per heavy atom. The van der Waals surface area contributed by atoms with Gasteiger partial charge in [0.15, 0.2) is 5.82 Å². The summed E-state index contributed by atoms with van der Waals surface area (Å²) in [6.45, 7) is 17.4. The zero-order chi connectivity index (χ0) is 14.5. The summed E-state index contributed by atoms with van der Waals surface area (Å²) in [4.78, 5) is 0. The van der Waals surface area contributed by atoms with Gasteiger partial charge in [-0.15, -0.1) is 5.10 Å². The van der Waals surface area contributed by atoms with Gasteiger partial charge in [-0.2, -0.15) is 0 Å². The van der Waals surface area contributed by atoms with Gasteiger partial charge in [-0.1, -0.05) is 27.7 Å². The first kappa shape index (κ1) is 14.4. The minimum Gasteiger partial charge on any atom is -0.305 e. The van der Waals surface area contributed by atoms with Crippen LogP contribution in [0.1, 0.15) is 54.3 Å². The van der Waals surface area contributed by atoms with E-state index in [4.69, 9.17) is 0 Å². The van der Waals surface area contributed by atoms with Gasteiger partial charge in [-0.25, -0.2) is 4.68 Å². The second kappa shape index (κ2) is 4.27. The molecule has 0 radical (unpaired) electrons. The minimum atomic E-state index is 0.0783. The van der Waals surface area contributed by atoms with Crippen LogP contribution in [-0.4, -0.2) is 25.7 Å². The van der Waals surface area contributed by atoms with Crippen LogP contribution in [0.3, 0.4) is 0 Å². The molecule has 0 saturated heterocycles. The summed E-state index contributed by atoms with van der Waals surface area (Å²) in [6.07, 6.45) is 0. The Labute approximate surface area is 116 Å². The fourth-order valence-electron chi connectivity index (χ4n) is 2.80. The molecule has 0 bridgehead atoms. The maximum Gasteiger partial charge on any atom is 0.165 e. The Kier molecular flexibility index (Phi) is 3.24. The second-order valence-electron chi connectivity index (χ2n) is 7.88. The van der Waals surface area contributed by atoms with Crippen LogP contribution in [0.2, 0.25) is 0 Å². The van der Waals surface area contributed by atoms with Crippen LogP contribution < -0.4 is 5.32 Å². The molecule has 0 amide bonds. The minimum absolute atomic E-state index is 0.0783. The highest BCUT2D eigenvalue weighted by Gasteiger charge is 2.64. The number of nitrogens with zero attached hydrogens (tertiary/aromatic N) is 4. The fourth-order valence-corrected chi connectivity index (χ4v) is 2.80. The Morgan fingerprint density at radius 2 is 1.74 bits per heavy atom. The fraction of sp³-hybridized carbons (Fsp3) is 0.929. The van der Waals surface area contributed by atoms with Crippen LogP contribution in [0.25, 0.3) is 0 Å². The first-order chi connectivity index (χ1) is 8.56. The van der Waals surface area contributed by atoms with Crippen molar-refractivity contribution in [1.82, 2.24) is 25.5 Å². The zero-order valence-electron chi connectivity index (χ0n) is 13.3. The molecular formula is C14H27N5. The number of hydrogen-bond acceptors (Lipinski definition) is 4. The van der Waals surface area contributed by atoms with E-state index >= 15 is 0 Å². The first-order valence-electron chi connectivity index (χ1n) is 7.06. The van der Waals surface area contributed by atoms with Crippen molar-refractivity contribution in [2.75, 3.05) is 0 Å². The molecule has 1 aromatic heterocycles. The molecule has 1 N–H and O–H groups in total. The Balaban J connectivity index is 2.02. The predicted molar refractivity (Wildman–Crippen MR) is 75.5 cm³/mol. The highest BCUT2D eigenvalue weighted by molar-refractivity contribution is 5.12. The number of tetrazole rings is 1. The number of aromatic nitrogens is 4. The van der Waals surface area contributed by atoms with Crippen molar-refractivity contribution in [2.45, 2.75) is 67.1 Å². The largest absolute Gasteiger partial charge is 0.305 e. The van der Waals surface area contributed by atoms with Gasteiger partial charge >= 0.3 is 0 Å². The van der Waals surface area contributed by atoms with E-state index in [2.05, 4.69) is 69.3 Å². The monoisotopic (exact) mass is 265 g/mol. The number of nitrogens with one attached hydrogen (secondary N) is 1. The number of rotatable bonds is 4. The van der Waals surface area contributed by atoms with Gasteiger partial charge in [0.2, 0.25) is 0 Å². The standard InChI is InChI=1S/C14H27N5/c1-12(2,3)15-8-11-16-17-18-19(11)9-10-13(4,5)14(10,6)7/h10,15H,8-9H2,1-7H3. The summed E-state index contributed by atoms with van der Waals surface area (Å²) in [6, 6.07) is 0. The second-order valence-corrected chi connectivity index (χ2v) is 7.88. The summed E-state index contributed by atoms with van der Waals surface area (Å²) in [5.74, 6) is 1.56. The van der Waals surface area contributed by atoms with Gasteiger partial charge in [0, 0.05) is 12.1 Å². The van der Waals surface area contributed by atoms with Crippen LogP contribution in [-0.2, 0) is 13.1 Å². The molecule has 1 aliphatic carbocycles. The predicted octanol–water partition coefficient (Wildman–Crippen LogP) is 2.24. The third-order valence-corrected chi connectivity index (χ3v) is 5.06. The molecule has 0 aliphatic heterocycles. The molecule has 1 aliphatic rings. The smallest absolute Gasteiger partial charge is 0.165 e. The van der Waals surface area contributed by atoms with Crippen LogP contribution in [0.4, 0.5) is 0 Å². The van der Waals surface area contributed by atoms with E-state index in [1.807, 2.05) is 4.68 Å². The molecule has 108 valence electrons. The Bertz CT molecular complexity index is 439. The van der Waals surface area contributed by atoms with Crippen molar-refractivity contribution in [1.29, 1.82) is 0 Å². The van der Waals surface area contributed by atoms with Gasteiger partial charge in [-0.05, 0) is 47.9 Å². The molecule has 2 rings (SSSR count). The van der Waals surface area contributed by atoms with Gasteiger partial charge in [0.25, 0.3) is 0 Å². The van der Waals surface area contributed by atoms with Crippen LogP contribution in [0.5, 0.6) is 0 Å². The van der Waals surface area contributed by atoms with Crippen molar-refractivity contribution >= 4 is 0 Å². The molecule has 1 aromatic rings. The van der Waals surface area contributed by atoms with Gasteiger partial charge in [0.05, 0.1) is 6.54 Å². The van der Waals surface area contributed by atoms with Crippen LogP contribution in [0, 0.1) is 16.7 Å². The molecule has 0 atom stereocenters. The van der Waals surface area contributed by atoms with Crippen molar-refractivity contribution in [3.63, 3.8) is 0 Å². The van der Waals surface area contributed by atoms with Gasteiger partial charge < -0.3 is 5.32 Å². The molecule has 5 nitrogen and oxygen atoms in total. The molecule has 5 heteroatoms. The third kappa shape index (κ3) is 2.66. The van der Waals surface area contributed by atoms with E-state index in [-0.39, 0.29) is 5.54 Å². The summed E-state index contributed by atoms with van der Waals surface area (Å²) < 4.78 is 1.96. The van der Waals surface area contributed by atoms with E-state index < -0.39 is 0 Å². The normalized spacial score (nSPS) is 21.6. The summed E-state index contributed by atoms with van der Waals surface area (Å²) in [7, 11) is 0. The Hall–Kier alpha value is -0.970. The molecule has 1 saturated carbocycles. The topological polar surface area (TPSA) is 55.6 Å². The summed E-state index contributed by atoms with van der Waals surface area (Å²) >= 11 is 0. The highest BCUT2D eigenvalue weighted by atomic mass is 15.5. The lowest BCUT2D eigenvalue weighted by Gasteiger charge is -2.20.